The van der Waals surface area contributed by atoms with Crippen LogP contribution in [0.5, 0.6) is 0 Å². The first kappa shape index (κ1) is 22.2. The zero-order chi connectivity index (χ0) is 24.5. The van der Waals surface area contributed by atoms with Gasteiger partial charge in [-0.3, -0.25) is 9.69 Å². The summed E-state index contributed by atoms with van der Waals surface area (Å²) < 4.78 is 11.0. The molecule has 36 heavy (non-hydrogen) atoms. The molecular formula is C29H26N4O3. The van der Waals surface area contributed by atoms with Crippen molar-refractivity contribution in [1.29, 1.82) is 0 Å². The zero-order valence-corrected chi connectivity index (χ0v) is 20.0. The van der Waals surface area contributed by atoms with Crippen molar-refractivity contribution in [2.45, 2.75) is 13.0 Å². The molecule has 2 aromatic carbocycles. The van der Waals surface area contributed by atoms with Crippen molar-refractivity contribution in [3.8, 4) is 11.5 Å². The second kappa shape index (κ2) is 9.43. The number of piperazine rings is 1. The monoisotopic (exact) mass is 478 g/mol. The molecule has 5 aromatic rings. The Bertz CT molecular complexity index is 1430. The number of benzene rings is 2. The van der Waals surface area contributed by atoms with E-state index in [1.54, 1.807) is 18.4 Å². The minimum Gasteiger partial charge on any atom is -0.463 e. The lowest BCUT2D eigenvalue weighted by molar-refractivity contribution is 0.0599. The maximum atomic E-state index is 13.8. The summed E-state index contributed by atoms with van der Waals surface area (Å²) in [5.41, 5.74) is 4.60. The molecule has 0 spiro atoms. The van der Waals surface area contributed by atoms with E-state index in [-0.39, 0.29) is 11.9 Å². The summed E-state index contributed by atoms with van der Waals surface area (Å²) in [5.74, 6) is 0.538. The average Bonchev–Trinajstić information content (AvgIpc) is 3.60. The Morgan fingerprint density at radius 3 is 2.17 bits per heavy atom. The molecule has 180 valence electrons. The van der Waals surface area contributed by atoms with E-state index in [0.29, 0.717) is 46.9 Å². The highest BCUT2D eigenvalue weighted by Gasteiger charge is 2.30. The van der Waals surface area contributed by atoms with E-state index >= 15 is 0 Å². The van der Waals surface area contributed by atoms with Gasteiger partial charge in [0.05, 0.1) is 28.9 Å². The van der Waals surface area contributed by atoms with Crippen LogP contribution in [0.25, 0.3) is 22.6 Å². The second-order valence-corrected chi connectivity index (χ2v) is 9.03. The smallest absolute Gasteiger partial charge is 0.259 e. The summed E-state index contributed by atoms with van der Waals surface area (Å²) in [6.07, 6.45) is 1.59. The number of amides is 1. The predicted octanol–water partition coefficient (Wildman–Crippen LogP) is 5.34. The van der Waals surface area contributed by atoms with E-state index in [0.717, 1.165) is 13.1 Å². The van der Waals surface area contributed by atoms with E-state index in [4.69, 9.17) is 8.94 Å². The van der Waals surface area contributed by atoms with Gasteiger partial charge in [0.25, 0.3) is 11.6 Å². The first-order chi connectivity index (χ1) is 17.7. The van der Waals surface area contributed by atoms with Crippen molar-refractivity contribution in [2.24, 2.45) is 0 Å². The van der Waals surface area contributed by atoms with Crippen LogP contribution in [-0.2, 0) is 0 Å². The van der Waals surface area contributed by atoms with Crippen molar-refractivity contribution >= 4 is 17.0 Å². The molecular weight excluding hydrogens is 452 g/mol. The summed E-state index contributed by atoms with van der Waals surface area (Å²) in [6.45, 7) is 4.61. The minimum absolute atomic E-state index is 0.0443. The summed E-state index contributed by atoms with van der Waals surface area (Å²) in [6, 6.07) is 26.6. The van der Waals surface area contributed by atoms with Crippen LogP contribution in [0.2, 0.25) is 0 Å². The van der Waals surface area contributed by atoms with E-state index in [2.05, 4.69) is 63.6 Å². The number of nitrogens with zero attached hydrogens (tertiary/aromatic N) is 4. The molecule has 0 radical (unpaired) electrons. The largest absolute Gasteiger partial charge is 0.463 e. The Morgan fingerprint density at radius 1 is 0.889 bits per heavy atom. The standard InChI is InChI=1S/C29H26N4O3/c1-20-26-23(19-24(25-13-8-18-35-25)30-28(26)36-31-20)29(34)33-16-14-32(15-17-33)27(21-9-4-2-5-10-21)22-11-6-3-7-12-22/h2-13,18-19,27H,14-17H2,1H3. The number of fused-ring (bicyclic) bond motifs is 1. The molecule has 1 aliphatic heterocycles. The van der Waals surface area contributed by atoms with Crippen LogP contribution in [0.15, 0.2) is 94.1 Å². The van der Waals surface area contributed by atoms with Crippen LogP contribution in [-0.4, -0.2) is 52.0 Å². The number of aromatic nitrogens is 2. The first-order valence-corrected chi connectivity index (χ1v) is 12.1. The molecule has 1 fully saturated rings. The number of aryl methyl sites for hydroxylation is 1. The van der Waals surface area contributed by atoms with Crippen molar-refractivity contribution < 1.29 is 13.7 Å². The molecule has 0 aliphatic carbocycles. The second-order valence-electron chi connectivity index (χ2n) is 9.03. The molecule has 0 N–H and O–H groups in total. The summed E-state index contributed by atoms with van der Waals surface area (Å²) in [5, 5.41) is 4.72. The van der Waals surface area contributed by atoms with Gasteiger partial charge < -0.3 is 13.8 Å². The van der Waals surface area contributed by atoms with Gasteiger partial charge in [-0.05, 0) is 36.2 Å². The van der Waals surface area contributed by atoms with Crippen LogP contribution in [0.3, 0.4) is 0 Å². The van der Waals surface area contributed by atoms with Crippen LogP contribution in [0.1, 0.15) is 33.2 Å². The van der Waals surface area contributed by atoms with Gasteiger partial charge in [-0.2, -0.15) is 0 Å². The third-order valence-corrected chi connectivity index (χ3v) is 6.82. The Kier molecular flexibility index (Phi) is 5.83. The quantitative estimate of drug-likeness (QED) is 0.340. The average molecular weight is 479 g/mol. The highest BCUT2D eigenvalue weighted by molar-refractivity contribution is 6.06. The number of pyridine rings is 1. The van der Waals surface area contributed by atoms with Crippen LogP contribution in [0.4, 0.5) is 0 Å². The normalized spacial score (nSPS) is 14.6. The highest BCUT2D eigenvalue weighted by atomic mass is 16.5. The van der Waals surface area contributed by atoms with Crippen LogP contribution >= 0.6 is 0 Å². The van der Waals surface area contributed by atoms with Crippen molar-refractivity contribution in [1.82, 2.24) is 19.9 Å². The minimum atomic E-state index is -0.0443. The Morgan fingerprint density at radius 2 is 1.56 bits per heavy atom. The van der Waals surface area contributed by atoms with Gasteiger partial charge in [-0.25, -0.2) is 4.98 Å². The SMILES string of the molecule is Cc1noc2nc(-c3ccco3)cc(C(=O)N3CCN(C(c4ccccc4)c4ccccc4)CC3)c12. The molecule has 0 unspecified atom stereocenters. The van der Waals surface area contributed by atoms with Crippen molar-refractivity contribution in [2.75, 3.05) is 26.2 Å². The number of furan rings is 1. The fourth-order valence-corrected chi connectivity index (χ4v) is 5.05. The molecule has 3 aromatic heterocycles. The topological polar surface area (TPSA) is 75.6 Å². The Balaban J connectivity index is 1.27. The van der Waals surface area contributed by atoms with Gasteiger partial charge in [0, 0.05) is 26.2 Å². The lowest BCUT2D eigenvalue weighted by Crippen LogP contribution is -2.49. The van der Waals surface area contributed by atoms with Gasteiger partial charge >= 0.3 is 0 Å². The molecule has 7 nitrogen and oxygen atoms in total. The fourth-order valence-electron chi connectivity index (χ4n) is 5.05. The fraction of sp³-hybridized carbons (Fsp3) is 0.207. The van der Waals surface area contributed by atoms with E-state index in [9.17, 15) is 4.79 Å². The number of carbonyl (C=O) groups is 1. The van der Waals surface area contributed by atoms with E-state index < -0.39 is 0 Å². The third-order valence-electron chi connectivity index (χ3n) is 6.82. The summed E-state index contributed by atoms with van der Waals surface area (Å²) >= 11 is 0. The maximum absolute atomic E-state index is 13.8. The summed E-state index contributed by atoms with van der Waals surface area (Å²) in [4.78, 5) is 22.7. The van der Waals surface area contributed by atoms with Gasteiger partial charge in [0.2, 0.25) is 0 Å². The number of hydrogen-bond donors (Lipinski definition) is 0. The number of rotatable bonds is 5. The highest BCUT2D eigenvalue weighted by Crippen LogP contribution is 2.31. The van der Waals surface area contributed by atoms with Crippen molar-refractivity contribution in [3.05, 3.63) is 108 Å². The molecule has 1 amide bonds. The van der Waals surface area contributed by atoms with E-state index in [1.807, 2.05) is 30.0 Å². The Labute approximate surface area is 208 Å². The predicted molar refractivity (Wildman–Crippen MR) is 136 cm³/mol. The molecule has 0 saturated carbocycles. The van der Waals surface area contributed by atoms with Gasteiger partial charge in [0.15, 0.2) is 5.76 Å². The molecule has 1 aliphatic rings. The summed E-state index contributed by atoms with van der Waals surface area (Å²) in [7, 11) is 0. The van der Waals surface area contributed by atoms with Crippen LogP contribution < -0.4 is 0 Å². The first-order valence-electron chi connectivity index (χ1n) is 12.1. The Hall–Kier alpha value is -4.23. The van der Waals surface area contributed by atoms with Gasteiger partial charge in [-0.1, -0.05) is 65.8 Å². The molecule has 7 heteroatoms. The van der Waals surface area contributed by atoms with Crippen LogP contribution in [0, 0.1) is 6.92 Å². The lowest BCUT2D eigenvalue weighted by Gasteiger charge is -2.40. The maximum Gasteiger partial charge on any atom is 0.259 e. The lowest BCUT2D eigenvalue weighted by atomic mass is 9.96. The number of carbonyl (C=O) groups excluding carboxylic acids is 1. The molecule has 4 heterocycles. The molecule has 0 atom stereocenters. The van der Waals surface area contributed by atoms with Gasteiger partial charge in [0.1, 0.15) is 5.69 Å². The molecule has 1 saturated heterocycles. The zero-order valence-electron chi connectivity index (χ0n) is 20.0. The molecule has 6 rings (SSSR count). The van der Waals surface area contributed by atoms with Crippen molar-refractivity contribution in [3.63, 3.8) is 0 Å². The molecule has 0 bridgehead atoms. The van der Waals surface area contributed by atoms with E-state index in [1.165, 1.54) is 11.1 Å². The van der Waals surface area contributed by atoms with Gasteiger partial charge in [-0.15, -0.1) is 0 Å². The third kappa shape index (κ3) is 4.07. The number of hydrogen-bond acceptors (Lipinski definition) is 6.